The number of halogens is 3. The monoisotopic (exact) mass is 479 g/mol. The van der Waals surface area contributed by atoms with Gasteiger partial charge in [-0.05, 0) is 23.3 Å². The Kier molecular flexibility index (Phi) is 7.55. The molecule has 1 aliphatic heterocycles. The van der Waals surface area contributed by atoms with Gasteiger partial charge in [0.1, 0.15) is 24.9 Å². The summed E-state index contributed by atoms with van der Waals surface area (Å²) in [5.74, 6) is -1.34. The molecule has 1 heterocycles. The van der Waals surface area contributed by atoms with Crippen molar-refractivity contribution in [2.24, 2.45) is 4.99 Å². The number of nitrogens with one attached hydrogen (secondary N) is 1. The van der Waals surface area contributed by atoms with Crippen molar-refractivity contribution in [1.29, 1.82) is 0 Å². The van der Waals surface area contributed by atoms with Crippen LogP contribution in [0.5, 0.6) is 0 Å². The molecular formula is C22H24BrF2N3O2. The molecule has 3 rings (SSSR count). The summed E-state index contributed by atoms with van der Waals surface area (Å²) in [7, 11) is 0. The number of aliphatic imine (C=N–C) groups is 1. The van der Waals surface area contributed by atoms with E-state index in [1.54, 1.807) is 4.90 Å². The maximum atomic E-state index is 13.8. The van der Waals surface area contributed by atoms with Crippen LogP contribution in [0, 0.1) is 11.6 Å². The second-order valence-corrected chi connectivity index (χ2v) is 8.33. The third kappa shape index (κ3) is 5.86. The van der Waals surface area contributed by atoms with E-state index in [4.69, 9.17) is 4.74 Å². The van der Waals surface area contributed by atoms with Gasteiger partial charge in [-0.2, -0.15) is 0 Å². The Morgan fingerprint density at radius 1 is 1.23 bits per heavy atom. The molecule has 0 radical (unpaired) electrons. The molecule has 0 bridgehead atoms. The van der Waals surface area contributed by atoms with Crippen molar-refractivity contribution in [3.63, 3.8) is 0 Å². The summed E-state index contributed by atoms with van der Waals surface area (Å²) in [4.78, 5) is 17.9. The minimum Gasteiger partial charge on any atom is -0.475 e. The van der Waals surface area contributed by atoms with E-state index in [-0.39, 0.29) is 30.6 Å². The molecule has 2 aromatic carbocycles. The Morgan fingerprint density at radius 3 is 2.73 bits per heavy atom. The number of carbonyl (C=O) groups excluding carboxylic acids is 1. The smallest absolute Gasteiger partial charge is 0.247 e. The van der Waals surface area contributed by atoms with Crippen molar-refractivity contribution in [2.45, 2.75) is 44.4 Å². The van der Waals surface area contributed by atoms with Crippen LogP contribution in [-0.4, -0.2) is 34.2 Å². The maximum absolute atomic E-state index is 13.8. The molecule has 1 amide bonds. The molecular weight excluding hydrogens is 456 g/mol. The zero-order valence-electron chi connectivity index (χ0n) is 16.9. The molecule has 0 aromatic heterocycles. The highest BCUT2D eigenvalue weighted by Crippen LogP contribution is 2.19. The van der Waals surface area contributed by atoms with Crippen LogP contribution in [0.25, 0.3) is 0 Å². The first-order valence-corrected chi connectivity index (χ1v) is 10.6. The number of hydrogen-bond donors (Lipinski definition) is 1. The van der Waals surface area contributed by atoms with Gasteiger partial charge in [0.05, 0.1) is 0 Å². The number of hydrogen-bond acceptors (Lipinski definition) is 4. The zero-order valence-corrected chi connectivity index (χ0v) is 18.5. The van der Waals surface area contributed by atoms with Gasteiger partial charge in [-0.1, -0.05) is 54.0 Å². The minimum absolute atomic E-state index is 0.134. The van der Waals surface area contributed by atoms with Crippen LogP contribution in [0.4, 0.5) is 8.78 Å². The fourth-order valence-electron chi connectivity index (χ4n) is 2.99. The zero-order chi connectivity index (χ0) is 21.7. The number of amides is 1. The molecule has 8 heteroatoms. The lowest BCUT2D eigenvalue weighted by Gasteiger charge is -2.29. The molecule has 1 atom stereocenters. The lowest BCUT2D eigenvalue weighted by Crippen LogP contribution is -2.45. The molecule has 1 unspecified atom stereocenters. The van der Waals surface area contributed by atoms with Crippen LogP contribution in [-0.2, 0) is 29.2 Å². The second kappa shape index (κ2) is 10.1. The number of carbonyl (C=O) groups is 1. The Morgan fingerprint density at radius 2 is 2.00 bits per heavy atom. The first-order chi connectivity index (χ1) is 14.3. The topological polar surface area (TPSA) is 53.9 Å². The summed E-state index contributed by atoms with van der Waals surface area (Å²) >= 11 is 3.32. The maximum Gasteiger partial charge on any atom is 0.247 e. The van der Waals surface area contributed by atoms with Crippen LogP contribution < -0.4 is 5.32 Å². The molecule has 5 nitrogen and oxygen atoms in total. The van der Waals surface area contributed by atoms with E-state index in [0.717, 1.165) is 29.8 Å². The Labute approximate surface area is 183 Å². The van der Waals surface area contributed by atoms with Crippen LogP contribution >= 0.6 is 15.9 Å². The van der Waals surface area contributed by atoms with Gasteiger partial charge in [0.25, 0.3) is 0 Å². The number of nitrogens with zero attached hydrogens (tertiary/aromatic N) is 2. The number of ether oxygens (including phenoxy) is 1. The number of rotatable bonds is 7. The van der Waals surface area contributed by atoms with Crippen molar-refractivity contribution >= 4 is 27.7 Å². The number of alkyl halides is 1. The third-order valence-corrected chi connectivity index (χ3v) is 5.40. The molecule has 160 valence electrons. The molecule has 0 saturated heterocycles. The summed E-state index contributed by atoms with van der Waals surface area (Å²) in [6, 6.07) is 11.7. The van der Waals surface area contributed by atoms with Crippen LogP contribution in [0.3, 0.4) is 0 Å². The molecule has 2 aromatic rings. The summed E-state index contributed by atoms with van der Waals surface area (Å²) in [5, 5.41) is 3.37. The minimum atomic E-state index is -0.749. The molecule has 0 spiro atoms. The van der Waals surface area contributed by atoms with Crippen molar-refractivity contribution in [3.05, 3.63) is 70.8 Å². The molecule has 1 N–H and O–H groups in total. The summed E-state index contributed by atoms with van der Waals surface area (Å²) in [6.45, 7) is 5.39. The highest BCUT2D eigenvalue weighted by Gasteiger charge is 2.32. The van der Waals surface area contributed by atoms with E-state index in [2.05, 4.69) is 46.2 Å². The molecule has 30 heavy (non-hydrogen) atoms. The van der Waals surface area contributed by atoms with Gasteiger partial charge in [-0.15, -0.1) is 0 Å². The fourth-order valence-corrected chi connectivity index (χ4v) is 3.55. The lowest BCUT2D eigenvalue weighted by atomic mass is 10.1. The quantitative estimate of drug-likeness (QED) is 0.607. The van der Waals surface area contributed by atoms with Gasteiger partial charge >= 0.3 is 0 Å². The molecule has 1 aliphatic rings. The van der Waals surface area contributed by atoms with Crippen molar-refractivity contribution in [2.75, 3.05) is 6.67 Å². The molecule has 0 saturated carbocycles. The Hall–Kier alpha value is -2.32. The second-order valence-electron chi connectivity index (χ2n) is 7.42. The lowest BCUT2D eigenvalue weighted by molar-refractivity contribution is -0.130. The van der Waals surface area contributed by atoms with Crippen LogP contribution in [0.2, 0.25) is 0 Å². The predicted molar refractivity (Wildman–Crippen MR) is 115 cm³/mol. The molecule has 0 aliphatic carbocycles. The van der Waals surface area contributed by atoms with Gasteiger partial charge in [0.15, 0.2) is 4.83 Å². The average molecular weight is 480 g/mol. The van der Waals surface area contributed by atoms with Crippen molar-refractivity contribution in [1.82, 2.24) is 10.2 Å². The van der Waals surface area contributed by atoms with Gasteiger partial charge in [0, 0.05) is 30.8 Å². The van der Waals surface area contributed by atoms with Gasteiger partial charge < -0.3 is 15.0 Å². The van der Waals surface area contributed by atoms with E-state index in [1.165, 1.54) is 6.07 Å². The third-order valence-electron chi connectivity index (χ3n) is 4.61. The predicted octanol–water partition coefficient (Wildman–Crippen LogP) is 4.14. The SMILES string of the molecule is CC(C)NCc1cccc(CN2CN=C(OCc3ccc(F)cc3F)C(Br)C2=O)c1. The Balaban J connectivity index is 1.61. The van der Waals surface area contributed by atoms with Crippen LogP contribution in [0.1, 0.15) is 30.5 Å². The Bertz CT molecular complexity index is 936. The van der Waals surface area contributed by atoms with Gasteiger partial charge in [-0.3, -0.25) is 4.79 Å². The molecule has 0 fully saturated rings. The fraction of sp³-hybridized carbons (Fsp3) is 0.364. The van der Waals surface area contributed by atoms with Crippen LogP contribution in [0.15, 0.2) is 47.5 Å². The van der Waals surface area contributed by atoms with Crippen molar-refractivity contribution < 1.29 is 18.3 Å². The van der Waals surface area contributed by atoms with E-state index >= 15 is 0 Å². The highest BCUT2D eigenvalue weighted by molar-refractivity contribution is 9.10. The van der Waals surface area contributed by atoms with Gasteiger partial charge in [-0.25, -0.2) is 13.8 Å². The van der Waals surface area contributed by atoms with Crippen molar-refractivity contribution in [3.8, 4) is 0 Å². The number of benzene rings is 2. The summed E-state index contributed by atoms with van der Waals surface area (Å²) in [5.41, 5.74) is 2.36. The summed E-state index contributed by atoms with van der Waals surface area (Å²) in [6.07, 6.45) is 0. The van der Waals surface area contributed by atoms with Gasteiger partial charge in [0.2, 0.25) is 11.8 Å². The van der Waals surface area contributed by atoms with E-state index in [9.17, 15) is 13.6 Å². The van der Waals surface area contributed by atoms with E-state index in [1.807, 2.05) is 18.2 Å². The largest absolute Gasteiger partial charge is 0.475 e. The van der Waals surface area contributed by atoms with E-state index < -0.39 is 16.5 Å². The normalized spacial score (nSPS) is 16.7. The van der Waals surface area contributed by atoms with E-state index in [0.29, 0.717) is 12.6 Å². The summed E-state index contributed by atoms with van der Waals surface area (Å²) < 4.78 is 32.3. The first-order valence-electron chi connectivity index (χ1n) is 9.68. The standard InChI is InChI=1S/C22H24BrF2N3O2/c1-14(2)26-10-15-4-3-5-16(8-15)11-28-13-27-21(20(23)22(28)29)30-12-17-6-7-18(24)9-19(17)25/h3-9,14,20,26H,10-13H2,1-2H3. The average Bonchev–Trinajstić information content (AvgIpc) is 2.71. The highest BCUT2D eigenvalue weighted by atomic mass is 79.9. The first kappa shape index (κ1) is 22.4.